The second kappa shape index (κ2) is 13.0. The van der Waals surface area contributed by atoms with Crippen LogP contribution in [-0.4, -0.2) is 97.4 Å². The van der Waals surface area contributed by atoms with Gasteiger partial charge in [-0.05, 0) is 76.2 Å². The first-order chi connectivity index (χ1) is 23.4. The Morgan fingerprint density at radius 1 is 1.04 bits per heavy atom. The molecular formula is C37H43FN6O5. The zero-order valence-corrected chi connectivity index (χ0v) is 28.5. The van der Waals surface area contributed by atoms with Crippen molar-refractivity contribution >= 4 is 39.4 Å². The van der Waals surface area contributed by atoms with Crippen LogP contribution in [0.25, 0.3) is 27.4 Å². The van der Waals surface area contributed by atoms with E-state index < -0.39 is 28.8 Å². The van der Waals surface area contributed by atoms with E-state index in [2.05, 4.69) is 27.5 Å². The van der Waals surface area contributed by atoms with Crippen LogP contribution in [0.1, 0.15) is 44.0 Å². The Hall–Kier alpha value is -4.68. The number of nitrogens with zero attached hydrogens (tertiary/aromatic N) is 4. The van der Waals surface area contributed by atoms with Crippen molar-refractivity contribution in [3.05, 3.63) is 70.3 Å². The van der Waals surface area contributed by atoms with Crippen LogP contribution in [0.5, 0.6) is 11.5 Å². The average Bonchev–Trinajstić information content (AvgIpc) is 3.50. The number of carbonyl (C=O) groups is 2. The summed E-state index contributed by atoms with van der Waals surface area (Å²) in [4.78, 5) is 46.5. The SMILES string of the molecule is CN1CCN(CCCNC(=O)c2cn3c4c(c(N5CC[C@@H](NC(=O)OC(C)(C)C)C5)c(F)cc4c2=O)Oc2cc4ccccc4cc2-3)CC1. The van der Waals surface area contributed by atoms with Gasteiger partial charge in [0.1, 0.15) is 22.4 Å². The first kappa shape index (κ1) is 32.8. The van der Waals surface area contributed by atoms with Crippen molar-refractivity contribution in [3.8, 4) is 17.2 Å². The number of rotatable bonds is 7. The number of hydrogen-bond acceptors (Lipinski definition) is 8. The van der Waals surface area contributed by atoms with E-state index in [9.17, 15) is 14.4 Å². The Morgan fingerprint density at radius 2 is 1.78 bits per heavy atom. The van der Waals surface area contributed by atoms with Crippen molar-refractivity contribution in [2.75, 3.05) is 64.3 Å². The molecule has 4 aromatic rings. The van der Waals surface area contributed by atoms with E-state index in [1.807, 2.05) is 41.3 Å². The number of alkyl carbamates (subject to hydrolysis) is 1. The maximum absolute atomic E-state index is 16.3. The molecular weight excluding hydrogens is 627 g/mol. The standard InChI is InChI=1S/C37H43FN6O5/c1-37(2,3)49-36(47)40-25-10-13-43(21-25)32-28(38)20-26-31-34(32)48-30-19-24-9-6-5-8-23(24)18-29(30)44(31)22-27(33(26)45)35(46)39-11-7-12-42-16-14-41(4)15-17-42/h5-6,8-9,18-20,22,25H,7,10-17,21H2,1-4H3,(H,39,46)(H,40,47)/t25-/m1/s1. The minimum absolute atomic E-state index is 0.0581. The van der Waals surface area contributed by atoms with Gasteiger partial charge >= 0.3 is 6.09 Å². The molecule has 4 heterocycles. The van der Waals surface area contributed by atoms with E-state index in [1.165, 1.54) is 6.07 Å². The number of aromatic nitrogens is 1. The lowest BCUT2D eigenvalue weighted by Crippen LogP contribution is -2.45. The number of amides is 2. The maximum atomic E-state index is 16.3. The van der Waals surface area contributed by atoms with Crippen molar-refractivity contribution in [2.45, 2.75) is 45.3 Å². The molecule has 11 nitrogen and oxygen atoms in total. The van der Waals surface area contributed by atoms with E-state index in [0.717, 1.165) is 49.9 Å². The number of halogens is 1. The predicted octanol–water partition coefficient (Wildman–Crippen LogP) is 4.86. The smallest absolute Gasteiger partial charge is 0.407 e. The fraction of sp³-hybridized carbons (Fsp3) is 0.432. The van der Waals surface area contributed by atoms with Crippen molar-refractivity contribution in [2.24, 2.45) is 0 Å². The Morgan fingerprint density at radius 3 is 2.51 bits per heavy atom. The van der Waals surface area contributed by atoms with E-state index in [0.29, 0.717) is 43.0 Å². The summed E-state index contributed by atoms with van der Waals surface area (Å²) in [6, 6.07) is 12.6. The van der Waals surface area contributed by atoms with Crippen LogP contribution in [0, 0.1) is 5.82 Å². The van der Waals surface area contributed by atoms with Crippen LogP contribution >= 0.6 is 0 Å². The molecule has 3 aliphatic rings. The number of ether oxygens (including phenoxy) is 2. The summed E-state index contributed by atoms with van der Waals surface area (Å²) in [5.41, 5.74) is -0.0358. The summed E-state index contributed by atoms with van der Waals surface area (Å²) in [7, 11) is 2.11. The largest absolute Gasteiger partial charge is 0.451 e. The van der Waals surface area contributed by atoms with Crippen LogP contribution in [0.2, 0.25) is 0 Å². The Labute approximate surface area is 284 Å². The molecule has 0 unspecified atom stereocenters. The molecule has 0 radical (unpaired) electrons. The molecule has 258 valence electrons. The lowest BCUT2D eigenvalue weighted by atomic mass is 10.0. The van der Waals surface area contributed by atoms with Gasteiger partial charge < -0.3 is 39.4 Å². The second-order valence-electron chi connectivity index (χ2n) is 14.3. The normalized spacial score (nSPS) is 18.0. The van der Waals surface area contributed by atoms with E-state index in [-0.39, 0.29) is 28.4 Å². The van der Waals surface area contributed by atoms with E-state index in [4.69, 9.17) is 9.47 Å². The number of carbonyl (C=O) groups excluding carboxylic acids is 2. The molecule has 0 saturated carbocycles. The van der Waals surface area contributed by atoms with Gasteiger partial charge in [0.15, 0.2) is 17.3 Å². The Kier molecular flexibility index (Phi) is 8.70. The van der Waals surface area contributed by atoms with Gasteiger partial charge in [0.05, 0.1) is 17.1 Å². The molecule has 12 heteroatoms. The molecule has 2 fully saturated rings. The quantitative estimate of drug-likeness (QED) is 0.237. The highest BCUT2D eigenvalue weighted by molar-refractivity contribution is 6.02. The third kappa shape index (κ3) is 6.67. The monoisotopic (exact) mass is 670 g/mol. The van der Waals surface area contributed by atoms with Gasteiger partial charge in [-0.3, -0.25) is 9.59 Å². The second-order valence-corrected chi connectivity index (χ2v) is 14.3. The lowest BCUT2D eigenvalue weighted by molar-refractivity contribution is 0.0508. The number of anilines is 1. The van der Waals surface area contributed by atoms with Gasteiger partial charge in [-0.15, -0.1) is 0 Å². The van der Waals surface area contributed by atoms with Crippen LogP contribution in [0.3, 0.4) is 0 Å². The molecule has 0 aliphatic carbocycles. The minimum Gasteiger partial charge on any atom is -0.451 e. The molecule has 1 aromatic heterocycles. The van der Waals surface area contributed by atoms with E-state index in [1.54, 1.807) is 31.5 Å². The molecule has 2 N–H and O–H groups in total. The molecule has 7 rings (SSSR count). The number of nitrogens with one attached hydrogen (secondary N) is 2. The number of benzene rings is 3. The zero-order valence-electron chi connectivity index (χ0n) is 28.5. The summed E-state index contributed by atoms with van der Waals surface area (Å²) in [6.45, 7) is 11.4. The van der Waals surface area contributed by atoms with Gasteiger partial charge in [-0.2, -0.15) is 0 Å². The van der Waals surface area contributed by atoms with Crippen molar-refractivity contribution in [1.82, 2.24) is 25.0 Å². The fourth-order valence-corrected chi connectivity index (χ4v) is 6.97. The molecule has 0 spiro atoms. The lowest BCUT2D eigenvalue weighted by Gasteiger charge is -2.32. The summed E-state index contributed by atoms with van der Waals surface area (Å²) in [5.74, 6) is -0.460. The number of fused-ring (bicyclic) bond motifs is 3. The molecule has 2 saturated heterocycles. The van der Waals surface area contributed by atoms with Crippen LogP contribution < -0.4 is 25.7 Å². The van der Waals surface area contributed by atoms with Gasteiger partial charge in [0, 0.05) is 52.0 Å². The summed E-state index contributed by atoms with van der Waals surface area (Å²) in [6.07, 6.45) is 2.34. The molecule has 0 bridgehead atoms. The Bertz CT molecular complexity index is 2000. The first-order valence-corrected chi connectivity index (χ1v) is 17.0. The first-order valence-electron chi connectivity index (χ1n) is 17.0. The molecule has 1 atom stereocenters. The highest BCUT2D eigenvalue weighted by atomic mass is 19.1. The van der Waals surface area contributed by atoms with Gasteiger partial charge in [0.2, 0.25) is 5.43 Å². The third-order valence-electron chi connectivity index (χ3n) is 9.47. The van der Waals surface area contributed by atoms with Crippen LogP contribution in [-0.2, 0) is 4.74 Å². The highest BCUT2D eigenvalue weighted by Crippen LogP contribution is 2.48. The van der Waals surface area contributed by atoms with Gasteiger partial charge in [0.25, 0.3) is 5.91 Å². The van der Waals surface area contributed by atoms with Crippen LogP contribution in [0.15, 0.2) is 53.5 Å². The number of piperazine rings is 1. The summed E-state index contributed by atoms with van der Waals surface area (Å²) >= 11 is 0. The number of pyridine rings is 1. The average molecular weight is 671 g/mol. The van der Waals surface area contributed by atoms with Gasteiger partial charge in [-0.1, -0.05) is 24.3 Å². The van der Waals surface area contributed by atoms with Crippen LogP contribution in [0.4, 0.5) is 14.9 Å². The molecule has 2 amide bonds. The minimum atomic E-state index is -0.646. The molecule has 3 aliphatic heterocycles. The van der Waals surface area contributed by atoms with Crippen molar-refractivity contribution < 1.29 is 23.5 Å². The van der Waals surface area contributed by atoms with Crippen molar-refractivity contribution in [1.29, 1.82) is 0 Å². The third-order valence-corrected chi connectivity index (χ3v) is 9.47. The van der Waals surface area contributed by atoms with Gasteiger partial charge in [-0.25, -0.2) is 9.18 Å². The molecule has 49 heavy (non-hydrogen) atoms. The topological polar surface area (TPSA) is 108 Å². The summed E-state index contributed by atoms with van der Waals surface area (Å²) in [5, 5.41) is 7.76. The summed E-state index contributed by atoms with van der Waals surface area (Å²) < 4.78 is 30.0. The fourth-order valence-electron chi connectivity index (χ4n) is 6.97. The number of hydrogen-bond donors (Lipinski definition) is 2. The predicted molar refractivity (Wildman–Crippen MR) is 188 cm³/mol. The highest BCUT2D eigenvalue weighted by Gasteiger charge is 2.34. The zero-order chi connectivity index (χ0) is 34.4. The van der Waals surface area contributed by atoms with E-state index >= 15 is 4.39 Å². The maximum Gasteiger partial charge on any atom is 0.407 e. The van der Waals surface area contributed by atoms with Crippen molar-refractivity contribution in [3.63, 3.8) is 0 Å². The Balaban J connectivity index is 1.23. The molecule has 3 aromatic carbocycles. The number of likely N-dealkylation sites (N-methyl/N-ethyl adjacent to an activating group) is 1.